The van der Waals surface area contributed by atoms with E-state index < -0.39 is 0 Å². The molecule has 0 aliphatic carbocycles. The van der Waals surface area contributed by atoms with E-state index in [2.05, 4.69) is 377 Å². The highest BCUT2D eigenvalue weighted by Gasteiger charge is 2.45. The van der Waals surface area contributed by atoms with E-state index in [0.29, 0.717) is 0 Å². The van der Waals surface area contributed by atoms with Crippen molar-refractivity contribution in [3.05, 3.63) is 358 Å². The van der Waals surface area contributed by atoms with Crippen LogP contribution in [0, 0.1) is 0 Å². The lowest BCUT2D eigenvalue weighted by Gasteiger charge is -2.45. The second-order valence-corrected chi connectivity index (χ2v) is 25.1. The number of rotatable bonds is 10. The van der Waals surface area contributed by atoms with Gasteiger partial charge >= 0.3 is 0 Å². The van der Waals surface area contributed by atoms with Crippen LogP contribution < -0.4 is 31.1 Å². The van der Waals surface area contributed by atoms with Crippen molar-refractivity contribution >= 4 is 128 Å². The maximum atomic E-state index is 2.62. The first-order chi connectivity index (χ1) is 47.1. The maximum Gasteiger partial charge on any atom is 0.252 e. The van der Waals surface area contributed by atoms with Gasteiger partial charge in [-0.15, -0.1) is 0 Å². The van der Waals surface area contributed by atoms with Crippen LogP contribution >= 0.6 is 0 Å². The minimum absolute atomic E-state index is 0.194. The molecule has 0 unspecified atom stereocenters. The fourth-order valence-electron chi connectivity index (χ4n) is 15.6. The van der Waals surface area contributed by atoms with Crippen LogP contribution in [0.2, 0.25) is 0 Å². The van der Waals surface area contributed by atoms with Gasteiger partial charge < -0.3 is 19.3 Å². The Bertz CT molecular complexity index is 5660. The smallest absolute Gasteiger partial charge is 0.252 e. The SMILES string of the molecule is c1ccc(-c2ccc(N(c3ccc(-c4ccccc4)cc3)c3cc4c5c(c3)N(c3ccc6c7ccccc7c7ccccc7c6c3)c3cc(-n6c7ccccc7c7ccccc76)ccc3B5c3cc(-c5ccccc5)ccc3N4c3ccc(-c4ccccc4)cc3)cc2)cc1. The van der Waals surface area contributed by atoms with Gasteiger partial charge in [-0.1, -0.05) is 267 Å². The van der Waals surface area contributed by atoms with Crippen LogP contribution in [-0.2, 0) is 0 Å². The number of fused-ring (bicyclic) bond motifs is 13. The van der Waals surface area contributed by atoms with E-state index >= 15 is 0 Å². The normalized spacial score (nSPS) is 12.4. The van der Waals surface area contributed by atoms with Crippen molar-refractivity contribution in [2.24, 2.45) is 0 Å². The second-order valence-electron chi connectivity index (χ2n) is 25.1. The topological polar surface area (TPSA) is 14.7 Å². The van der Waals surface area contributed by atoms with Gasteiger partial charge in [0.15, 0.2) is 0 Å². The molecule has 3 heterocycles. The largest absolute Gasteiger partial charge is 0.311 e. The number of anilines is 9. The number of nitrogens with zero attached hydrogens (tertiary/aromatic N) is 4. The van der Waals surface area contributed by atoms with E-state index in [9.17, 15) is 0 Å². The van der Waals surface area contributed by atoms with Crippen LogP contribution in [0.25, 0.3) is 104 Å². The summed E-state index contributed by atoms with van der Waals surface area (Å²) in [7, 11) is 0. The van der Waals surface area contributed by atoms with Crippen molar-refractivity contribution in [1.29, 1.82) is 0 Å². The van der Waals surface area contributed by atoms with E-state index in [1.54, 1.807) is 0 Å². The van der Waals surface area contributed by atoms with E-state index in [1.807, 2.05) is 0 Å². The summed E-state index contributed by atoms with van der Waals surface area (Å²) in [4.78, 5) is 7.65. The highest BCUT2D eigenvalue weighted by Crippen LogP contribution is 2.51. The van der Waals surface area contributed by atoms with Crippen LogP contribution in [0.15, 0.2) is 358 Å². The Kier molecular flexibility index (Phi) is 12.7. The predicted octanol–water partition coefficient (Wildman–Crippen LogP) is 22.5. The molecule has 2 aliphatic rings. The minimum Gasteiger partial charge on any atom is -0.311 e. The van der Waals surface area contributed by atoms with E-state index in [4.69, 9.17) is 0 Å². The van der Waals surface area contributed by atoms with Crippen molar-refractivity contribution in [3.63, 3.8) is 0 Å². The lowest BCUT2D eigenvalue weighted by atomic mass is 9.33. The zero-order valence-electron chi connectivity index (χ0n) is 51.9. The third kappa shape index (κ3) is 8.92. The molecule has 19 rings (SSSR count). The van der Waals surface area contributed by atoms with Crippen LogP contribution in [0.5, 0.6) is 0 Å². The van der Waals surface area contributed by atoms with Gasteiger partial charge in [-0.3, -0.25) is 0 Å². The Morgan fingerprint density at radius 1 is 0.211 bits per heavy atom. The maximum absolute atomic E-state index is 2.62. The van der Waals surface area contributed by atoms with Gasteiger partial charge in [0.1, 0.15) is 0 Å². The second kappa shape index (κ2) is 22.2. The summed E-state index contributed by atoms with van der Waals surface area (Å²) in [5, 5.41) is 9.86. The molecular weight excluding hydrogens is 1150 g/mol. The first kappa shape index (κ1) is 54.3. The van der Waals surface area contributed by atoms with Gasteiger partial charge in [-0.2, -0.15) is 0 Å². The molecule has 16 aromatic carbocycles. The molecule has 0 fully saturated rings. The molecule has 442 valence electrons. The van der Waals surface area contributed by atoms with Crippen LogP contribution in [0.3, 0.4) is 0 Å². The van der Waals surface area contributed by atoms with E-state index in [-0.39, 0.29) is 6.71 Å². The summed E-state index contributed by atoms with van der Waals surface area (Å²) in [6.45, 7) is -0.194. The van der Waals surface area contributed by atoms with E-state index in [0.717, 1.165) is 68.0 Å². The van der Waals surface area contributed by atoms with Crippen molar-refractivity contribution in [1.82, 2.24) is 4.57 Å². The van der Waals surface area contributed by atoms with E-state index in [1.165, 1.54) is 104 Å². The molecule has 0 spiro atoms. The van der Waals surface area contributed by atoms with Gasteiger partial charge in [0.2, 0.25) is 0 Å². The molecular formula is C90H59BN4. The van der Waals surface area contributed by atoms with Gasteiger partial charge in [-0.25, -0.2) is 0 Å². The van der Waals surface area contributed by atoms with Gasteiger partial charge in [0.05, 0.1) is 16.7 Å². The molecule has 0 amide bonds. The first-order valence-electron chi connectivity index (χ1n) is 32.8. The fourth-order valence-corrected chi connectivity index (χ4v) is 15.6. The summed E-state index contributed by atoms with van der Waals surface area (Å²) in [5.41, 5.74) is 26.3. The lowest BCUT2D eigenvalue weighted by Crippen LogP contribution is -2.61. The van der Waals surface area contributed by atoms with Crippen molar-refractivity contribution in [2.75, 3.05) is 14.7 Å². The number of para-hydroxylation sites is 2. The molecule has 0 saturated heterocycles. The monoisotopic (exact) mass is 1210 g/mol. The summed E-state index contributed by atoms with van der Waals surface area (Å²) in [6.07, 6.45) is 0. The number of hydrogen-bond donors (Lipinski definition) is 0. The molecule has 0 radical (unpaired) electrons. The highest BCUT2D eigenvalue weighted by molar-refractivity contribution is 7.00. The van der Waals surface area contributed by atoms with Gasteiger partial charge in [-0.05, 0) is 184 Å². The van der Waals surface area contributed by atoms with Crippen LogP contribution in [0.4, 0.5) is 51.2 Å². The molecule has 17 aromatic rings. The number of benzene rings is 16. The molecule has 0 N–H and O–H groups in total. The lowest BCUT2D eigenvalue weighted by molar-refractivity contribution is 1.17. The Balaban J connectivity index is 0.933. The Morgan fingerprint density at radius 3 is 1.09 bits per heavy atom. The Morgan fingerprint density at radius 2 is 0.589 bits per heavy atom. The zero-order valence-corrected chi connectivity index (χ0v) is 51.9. The third-order valence-electron chi connectivity index (χ3n) is 19.9. The molecule has 1 aromatic heterocycles. The number of aromatic nitrogens is 1. The average molecular weight is 1210 g/mol. The van der Waals surface area contributed by atoms with Crippen molar-refractivity contribution in [2.45, 2.75) is 0 Å². The third-order valence-corrected chi connectivity index (χ3v) is 19.9. The Labute approximate surface area is 552 Å². The molecule has 95 heavy (non-hydrogen) atoms. The quantitative estimate of drug-likeness (QED) is 0.100. The summed E-state index contributed by atoms with van der Waals surface area (Å²) in [6, 6.07) is 133. The van der Waals surface area contributed by atoms with Crippen LogP contribution in [0.1, 0.15) is 0 Å². The molecule has 4 nitrogen and oxygen atoms in total. The molecule has 5 heteroatoms. The zero-order chi connectivity index (χ0) is 62.5. The summed E-state index contributed by atoms with van der Waals surface area (Å²) < 4.78 is 2.48. The summed E-state index contributed by atoms with van der Waals surface area (Å²) >= 11 is 0. The fraction of sp³-hybridized carbons (Fsp3) is 0. The van der Waals surface area contributed by atoms with Gasteiger partial charge in [0, 0.05) is 62.0 Å². The molecule has 0 bridgehead atoms. The predicted molar refractivity (Wildman–Crippen MR) is 404 cm³/mol. The molecule has 0 saturated carbocycles. The minimum atomic E-state index is -0.194. The number of hydrogen-bond acceptors (Lipinski definition) is 3. The summed E-state index contributed by atoms with van der Waals surface area (Å²) in [5.74, 6) is 0. The molecule has 2 aliphatic heterocycles. The van der Waals surface area contributed by atoms with Crippen molar-refractivity contribution in [3.8, 4) is 50.2 Å². The van der Waals surface area contributed by atoms with Crippen molar-refractivity contribution < 1.29 is 0 Å². The Hall–Kier alpha value is -12.4. The standard InChI is InChI=1S/C90H59BN4/c1-5-21-60(22-6-1)64-37-44-68(45-38-64)92(69-46-39-65(40-47-69)61-23-7-2-8-24-61)73-58-88-90-89(59-73)95(71-50-52-78-76-31-14-13-29-74(76)75-30-15-16-32-77(75)81(78)56-71)87-57-72(94-84-35-19-17-33-79(84)80-34-18-20-36-85(80)94)51-53-82(87)91(90)83-55-67(63-27-11-4-12-28-63)43-54-86(83)93(88)70-48-41-66(42-49-70)62-25-9-3-10-26-62/h1-59H. The first-order valence-corrected chi connectivity index (χ1v) is 32.8. The van der Waals surface area contributed by atoms with Gasteiger partial charge in [0.25, 0.3) is 6.71 Å². The molecule has 0 atom stereocenters. The van der Waals surface area contributed by atoms with Crippen LogP contribution in [-0.4, -0.2) is 11.3 Å². The highest BCUT2D eigenvalue weighted by atomic mass is 15.2. The average Bonchev–Trinajstić information content (AvgIpc) is 0.942.